The van der Waals surface area contributed by atoms with Crippen molar-refractivity contribution >= 4 is 5.91 Å². The molecule has 0 unspecified atom stereocenters. The number of methoxy groups -OCH3 is 1. The standard InChI is InChI=1S/C11H11NO2/c1-4-8-5-9(11(13)12-2)7-10(6-8)14-3/h1,5-7H,2-3H3,(H,12,13). The molecule has 0 aromatic heterocycles. The van der Waals surface area contributed by atoms with E-state index in [0.717, 1.165) is 0 Å². The first-order valence-corrected chi connectivity index (χ1v) is 4.09. The molecule has 1 aromatic carbocycles. The summed E-state index contributed by atoms with van der Waals surface area (Å²) in [7, 11) is 3.10. The van der Waals surface area contributed by atoms with Crippen molar-refractivity contribution in [2.45, 2.75) is 0 Å². The van der Waals surface area contributed by atoms with Crippen molar-refractivity contribution in [1.29, 1.82) is 0 Å². The molecule has 0 aliphatic heterocycles. The van der Waals surface area contributed by atoms with Crippen molar-refractivity contribution in [3.8, 4) is 18.1 Å². The maximum absolute atomic E-state index is 11.3. The molecule has 0 atom stereocenters. The van der Waals surface area contributed by atoms with Gasteiger partial charge in [-0.25, -0.2) is 0 Å². The second-order valence-corrected chi connectivity index (χ2v) is 2.67. The average molecular weight is 189 g/mol. The number of ether oxygens (including phenoxy) is 1. The van der Waals surface area contributed by atoms with Gasteiger partial charge in [-0.1, -0.05) is 5.92 Å². The van der Waals surface area contributed by atoms with Crippen molar-refractivity contribution < 1.29 is 9.53 Å². The van der Waals surface area contributed by atoms with E-state index < -0.39 is 0 Å². The number of carbonyl (C=O) groups is 1. The van der Waals surface area contributed by atoms with Gasteiger partial charge >= 0.3 is 0 Å². The fraction of sp³-hybridized carbons (Fsp3) is 0.182. The van der Waals surface area contributed by atoms with E-state index in [2.05, 4.69) is 11.2 Å². The Bertz CT molecular complexity index is 391. The van der Waals surface area contributed by atoms with Crippen molar-refractivity contribution in [1.82, 2.24) is 5.32 Å². The number of carbonyl (C=O) groups excluding carboxylic acids is 1. The molecule has 1 aromatic rings. The maximum atomic E-state index is 11.3. The van der Waals surface area contributed by atoms with Crippen LogP contribution in [-0.4, -0.2) is 20.1 Å². The summed E-state index contributed by atoms with van der Waals surface area (Å²) in [4.78, 5) is 11.3. The van der Waals surface area contributed by atoms with Gasteiger partial charge in [0.25, 0.3) is 5.91 Å². The smallest absolute Gasteiger partial charge is 0.251 e. The van der Waals surface area contributed by atoms with Crippen molar-refractivity contribution in [2.24, 2.45) is 0 Å². The summed E-state index contributed by atoms with van der Waals surface area (Å²) in [5.41, 5.74) is 1.13. The SMILES string of the molecule is C#Cc1cc(OC)cc(C(=O)NC)c1. The van der Waals surface area contributed by atoms with E-state index in [9.17, 15) is 4.79 Å². The lowest BCUT2D eigenvalue weighted by molar-refractivity contribution is 0.0962. The van der Waals surface area contributed by atoms with Crippen molar-refractivity contribution in [2.75, 3.05) is 14.2 Å². The molecular formula is C11H11NO2. The molecule has 1 N–H and O–H groups in total. The molecule has 3 nitrogen and oxygen atoms in total. The fourth-order valence-corrected chi connectivity index (χ4v) is 1.08. The monoisotopic (exact) mass is 189 g/mol. The highest BCUT2D eigenvalue weighted by molar-refractivity contribution is 5.94. The number of hydrogen-bond donors (Lipinski definition) is 1. The second-order valence-electron chi connectivity index (χ2n) is 2.67. The van der Waals surface area contributed by atoms with E-state index >= 15 is 0 Å². The molecule has 0 saturated heterocycles. The Kier molecular flexibility index (Phi) is 3.14. The van der Waals surface area contributed by atoms with E-state index in [1.54, 1.807) is 25.2 Å². The molecule has 0 heterocycles. The lowest BCUT2D eigenvalue weighted by Crippen LogP contribution is -2.17. The molecule has 0 saturated carbocycles. The van der Waals surface area contributed by atoms with Gasteiger partial charge in [0.05, 0.1) is 7.11 Å². The van der Waals surface area contributed by atoms with E-state index in [0.29, 0.717) is 16.9 Å². The van der Waals surface area contributed by atoms with Gasteiger partial charge in [0, 0.05) is 18.2 Å². The number of terminal acetylenes is 1. The molecule has 1 amide bonds. The highest BCUT2D eigenvalue weighted by Gasteiger charge is 2.06. The zero-order chi connectivity index (χ0) is 10.6. The lowest BCUT2D eigenvalue weighted by Gasteiger charge is -2.04. The van der Waals surface area contributed by atoms with Gasteiger partial charge in [-0.05, 0) is 18.2 Å². The molecule has 0 bridgehead atoms. The Labute approximate surface area is 83.1 Å². The average Bonchev–Trinajstić information content (AvgIpc) is 2.27. The van der Waals surface area contributed by atoms with Crippen LogP contribution in [0.2, 0.25) is 0 Å². The van der Waals surface area contributed by atoms with Crippen LogP contribution in [0.5, 0.6) is 5.75 Å². The second kappa shape index (κ2) is 4.33. The zero-order valence-electron chi connectivity index (χ0n) is 8.13. The molecule has 0 aliphatic rings. The van der Waals surface area contributed by atoms with E-state index in [-0.39, 0.29) is 5.91 Å². The summed E-state index contributed by atoms with van der Waals surface area (Å²) in [6.45, 7) is 0. The van der Waals surface area contributed by atoms with Crippen molar-refractivity contribution in [3.63, 3.8) is 0 Å². The van der Waals surface area contributed by atoms with Crippen LogP contribution in [0.25, 0.3) is 0 Å². The summed E-state index contributed by atoms with van der Waals surface area (Å²) in [6.07, 6.45) is 5.25. The van der Waals surface area contributed by atoms with Crippen LogP contribution in [0.1, 0.15) is 15.9 Å². The van der Waals surface area contributed by atoms with Crippen LogP contribution in [0, 0.1) is 12.3 Å². The predicted octanol–water partition coefficient (Wildman–Crippen LogP) is 1.04. The molecule has 0 aliphatic carbocycles. The Morgan fingerprint density at radius 2 is 2.21 bits per heavy atom. The Morgan fingerprint density at radius 3 is 2.71 bits per heavy atom. The third-order valence-corrected chi connectivity index (χ3v) is 1.80. The summed E-state index contributed by atoms with van der Waals surface area (Å²) >= 11 is 0. The van der Waals surface area contributed by atoms with Crippen LogP contribution in [-0.2, 0) is 0 Å². The fourth-order valence-electron chi connectivity index (χ4n) is 1.08. The molecule has 3 heteroatoms. The Balaban J connectivity index is 3.19. The van der Waals surface area contributed by atoms with Gasteiger partial charge in [-0.3, -0.25) is 4.79 Å². The van der Waals surface area contributed by atoms with Gasteiger partial charge in [0.2, 0.25) is 0 Å². The molecule has 0 fully saturated rings. The van der Waals surface area contributed by atoms with E-state index in [1.807, 2.05) is 0 Å². The third-order valence-electron chi connectivity index (χ3n) is 1.80. The highest BCUT2D eigenvalue weighted by atomic mass is 16.5. The van der Waals surface area contributed by atoms with Gasteiger partial charge in [0.15, 0.2) is 0 Å². The zero-order valence-corrected chi connectivity index (χ0v) is 8.13. The summed E-state index contributed by atoms with van der Waals surface area (Å²) in [5, 5.41) is 2.52. The Morgan fingerprint density at radius 1 is 1.50 bits per heavy atom. The molecular weight excluding hydrogens is 178 g/mol. The number of nitrogens with one attached hydrogen (secondary N) is 1. The largest absolute Gasteiger partial charge is 0.497 e. The van der Waals surface area contributed by atoms with Gasteiger partial charge in [-0.2, -0.15) is 0 Å². The van der Waals surface area contributed by atoms with Crippen LogP contribution in [0.3, 0.4) is 0 Å². The first-order chi connectivity index (χ1) is 6.71. The number of hydrogen-bond acceptors (Lipinski definition) is 2. The minimum atomic E-state index is -0.180. The summed E-state index contributed by atoms with van der Waals surface area (Å²) in [5.74, 6) is 2.86. The molecule has 72 valence electrons. The molecule has 0 spiro atoms. The van der Waals surface area contributed by atoms with E-state index in [1.165, 1.54) is 7.11 Å². The number of amides is 1. The van der Waals surface area contributed by atoms with Crippen LogP contribution in [0.4, 0.5) is 0 Å². The third kappa shape index (κ3) is 2.05. The van der Waals surface area contributed by atoms with Gasteiger partial charge < -0.3 is 10.1 Å². The maximum Gasteiger partial charge on any atom is 0.251 e. The number of rotatable bonds is 2. The first kappa shape index (κ1) is 10.1. The molecule has 14 heavy (non-hydrogen) atoms. The van der Waals surface area contributed by atoms with Gasteiger partial charge in [0.1, 0.15) is 5.75 Å². The number of benzene rings is 1. The highest BCUT2D eigenvalue weighted by Crippen LogP contribution is 2.16. The minimum absolute atomic E-state index is 0.180. The predicted molar refractivity (Wildman–Crippen MR) is 54.3 cm³/mol. The quantitative estimate of drug-likeness (QED) is 0.706. The van der Waals surface area contributed by atoms with Crippen LogP contribution >= 0.6 is 0 Å². The first-order valence-electron chi connectivity index (χ1n) is 4.09. The van der Waals surface area contributed by atoms with Crippen LogP contribution < -0.4 is 10.1 Å². The van der Waals surface area contributed by atoms with Crippen molar-refractivity contribution in [3.05, 3.63) is 29.3 Å². The molecule has 0 radical (unpaired) electrons. The Hall–Kier alpha value is -1.95. The normalized spacial score (nSPS) is 8.93. The van der Waals surface area contributed by atoms with Crippen LogP contribution in [0.15, 0.2) is 18.2 Å². The van der Waals surface area contributed by atoms with Gasteiger partial charge in [-0.15, -0.1) is 6.42 Å². The summed E-state index contributed by atoms with van der Waals surface area (Å²) in [6, 6.07) is 4.98. The topological polar surface area (TPSA) is 38.3 Å². The molecule has 1 rings (SSSR count). The lowest BCUT2D eigenvalue weighted by atomic mass is 10.1. The van der Waals surface area contributed by atoms with E-state index in [4.69, 9.17) is 11.2 Å². The minimum Gasteiger partial charge on any atom is -0.497 e. The summed E-state index contributed by atoms with van der Waals surface area (Å²) < 4.78 is 5.02.